The Kier molecular flexibility index (Phi) is 5.94. The van der Waals surface area contributed by atoms with Gasteiger partial charge in [-0.05, 0) is 13.3 Å². The lowest BCUT2D eigenvalue weighted by atomic mass is 10.4. The summed E-state index contributed by atoms with van der Waals surface area (Å²) in [6.45, 7) is 3.79. The second-order valence-corrected chi connectivity index (χ2v) is 3.96. The van der Waals surface area contributed by atoms with Crippen LogP contribution in [0.25, 0.3) is 0 Å². The van der Waals surface area contributed by atoms with E-state index in [0.29, 0.717) is 31.5 Å². The highest BCUT2D eigenvalue weighted by molar-refractivity contribution is 5.58. The lowest BCUT2D eigenvalue weighted by Gasteiger charge is -2.18. The molecule has 1 aromatic heterocycles. The summed E-state index contributed by atoms with van der Waals surface area (Å²) in [4.78, 5) is 20.3. The summed E-state index contributed by atoms with van der Waals surface area (Å²) in [5.74, 6) is 0.703. The zero-order valence-electron chi connectivity index (χ0n) is 11.4. The highest BCUT2D eigenvalue weighted by Crippen LogP contribution is 2.25. The van der Waals surface area contributed by atoms with Crippen molar-refractivity contribution in [2.24, 2.45) is 0 Å². The number of anilines is 2. The molecule has 0 bridgehead atoms. The predicted molar refractivity (Wildman–Crippen MR) is 72.6 cm³/mol. The average molecular weight is 269 g/mol. The molecule has 0 aliphatic rings. The summed E-state index contributed by atoms with van der Waals surface area (Å²) in [5.41, 5.74) is -0.0958. The van der Waals surface area contributed by atoms with Crippen LogP contribution in [0.3, 0.4) is 0 Å². The van der Waals surface area contributed by atoms with Crippen molar-refractivity contribution in [1.29, 1.82) is 0 Å². The highest BCUT2D eigenvalue weighted by atomic mass is 16.6. The van der Waals surface area contributed by atoms with Gasteiger partial charge >= 0.3 is 5.69 Å². The summed E-state index contributed by atoms with van der Waals surface area (Å²) in [6.07, 6.45) is 2.00. The average Bonchev–Trinajstić information content (AvgIpc) is 2.39. The van der Waals surface area contributed by atoms with Crippen molar-refractivity contribution in [2.75, 3.05) is 44.1 Å². The lowest BCUT2D eigenvalue weighted by Crippen LogP contribution is -2.22. The first kappa shape index (κ1) is 15.1. The van der Waals surface area contributed by atoms with Crippen molar-refractivity contribution in [3.8, 4) is 0 Å². The number of aromatic nitrogens is 2. The van der Waals surface area contributed by atoms with E-state index in [2.05, 4.69) is 15.3 Å². The molecule has 0 unspecified atom stereocenters. The summed E-state index contributed by atoms with van der Waals surface area (Å²) >= 11 is 0. The molecule has 1 heterocycles. The van der Waals surface area contributed by atoms with Crippen LogP contribution in [0.4, 0.5) is 17.5 Å². The third kappa shape index (κ3) is 4.32. The van der Waals surface area contributed by atoms with Gasteiger partial charge in [-0.3, -0.25) is 10.1 Å². The molecule has 0 aliphatic heterocycles. The van der Waals surface area contributed by atoms with E-state index in [1.807, 2.05) is 6.92 Å². The van der Waals surface area contributed by atoms with E-state index >= 15 is 0 Å². The fourth-order valence-electron chi connectivity index (χ4n) is 1.57. The van der Waals surface area contributed by atoms with E-state index in [4.69, 9.17) is 4.74 Å². The summed E-state index contributed by atoms with van der Waals surface area (Å²) in [7, 11) is 3.39. The van der Waals surface area contributed by atoms with Crippen LogP contribution >= 0.6 is 0 Å². The minimum absolute atomic E-state index is 0.0958. The number of nitrogens with one attached hydrogen (secondary N) is 1. The van der Waals surface area contributed by atoms with E-state index in [1.54, 1.807) is 19.1 Å². The van der Waals surface area contributed by atoms with Crippen LogP contribution in [0.2, 0.25) is 0 Å². The molecule has 0 atom stereocenters. The van der Waals surface area contributed by atoms with Crippen molar-refractivity contribution >= 4 is 17.5 Å². The standard InChI is InChI=1S/C11H19N5O3/c1-4-12-11-13-8-9(16(17)18)10(14-11)15(2)6-5-7-19-3/h8H,4-7H2,1-3H3,(H,12,13,14). The Bertz CT molecular complexity index is 427. The van der Waals surface area contributed by atoms with Crippen LogP contribution in [-0.4, -0.2) is 48.7 Å². The highest BCUT2D eigenvalue weighted by Gasteiger charge is 2.20. The molecule has 1 rings (SSSR count). The Morgan fingerprint density at radius 3 is 2.89 bits per heavy atom. The van der Waals surface area contributed by atoms with Gasteiger partial charge in [-0.25, -0.2) is 4.98 Å². The van der Waals surface area contributed by atoms with Gasteiger partial charge in [-0.2, -0.15) is 4.98 Å². The normalized spacial score (nSPS) is 10.3. The van der Waals surface area contributed by atoms with Crippen molar-refractivity contribution < 1.29 is 9.66 Å². The molecule has 0 spiro atoms. The molecule has 0 radical (unpaired) electrons. The van der Waals surface area contributed by atoms with E-state index in [0.717, 1.165) is 6.42 Å². The number of nitrogens with zero attached hydrogens (tertiary/aromatic N) is 4. The minimum atomic E-state index is -0.474. The van der Waals surface area contributed by atoms with Gasteiger partial charge in [0.1, 0.15) is 6.20 Å². The molecular formula is C11H19N5O3. The number of nitro groups is 1. The summed E-state index contributed by atoms with van der Waals surface area (Å²) in [5, 5.41) is 13.9. The molecule has 0 saturated heterocycles. The van der Waals surface area contributed by atoms with Crippen LogP contribution in [0.15, 0.2) is 6.20 Å². The third-order valence-electron chi connectivity index (χ3n) is 2.49. The van der Waals surface area contributed by atoms with Crippen LogP contribution in [-0.2, 0) is 4.74 Å². The zero-order chi connectivity index (χ0) is 14.3. The topological polar surface area (TPSA) is 93.4 Å². The molecule has 0 saturated carbocycles. The largest absolute Gasteiger partial charge is 0.385 e. The van der Waals surface area contributed by atoms with Crippen LogP contribution in [0.5, 0.6) is 0 Å². The van der Waals surface area contributed by atoms with Gasteiger partial charge in [-0.1, -0.05) is 0 Å². The number of methoxy groups -OCH3 is 1. The molecule has 106 valence electrons. The van der Waals surface area contributed by atoms with E-state index in [9.17, 15) is 10.1 Å². The number of rotatable bonds is 8. The van der Waals surface area contributed by atoms with E-state index in [-0.39, 0.29) is 5.69 Å². The van der Waals surface area contributed by atoms with Gasteiger partial charge in [0.25, 0.3) is 0 Å². The van der Waals surface area contributed by atoms with Gasteiger partial charge in [-0.15, -0.1) is 0 Å². The van der Waals surface area contributed by atoms with Gasteiger partial charge in [0.05, 0.1) is 4.92 Å². The fraction of sp³-hybridized carbons (Fsp3) is 0.636. The molecule has 0 aromatic carbocycles. The van der Waals surface area contributed by atoms with Crippen LogP contribution in [0, 0.1) is 10.1 Å². The number of hydrogen-bond acceptors (Lipinski definition) is 7. The van der Waals surface area contributed by atoms with Gasteiger partial charge in [0.2, 0.25) is 11.8 Å². The van der Waals surface area contributed by atoms with Crippen molar-refractivity contribution in [3.05, 3.63) is 16.3 Å². The molecule has 19 heavy (non-hydrogen) atoms. The Labute approximate surface area is 112 Å². The maximum absolute atomic E-state index is 11.0. The molecule has 1 N–H and O–H groups in total. The zero-order valence-corrected chi connectivity index (χ0v) is 11.4. The Hall–Kier alpha value is -1.96. The molecule has 8 heteroatoms. The molecular weight excluding hydrogens is 250 g/mol. The molecule has 0 aliphatic carbocycles. The Morgan fingerprint density at radius 1 is 1.58 bits per heavy atom. The molecule has 1 aromatic rings. The lowest BCUT2D eigenvalue weighted by molar-refractivity contribution is -0.384. The maximum atomic E-state index is 11.0. The number of hydrogen-bond donors (Lipinski definition) is 1. The summed E-state index contributed by atoms with van der Waals surface area (Å²) in [6, 6.07) is 0. The first-order chi connectivity index (χ1) is 9.10. The summed E-state index contributed by atoms with van der Waals surface area (Å²) < 4.78 is 4.96. The fourth-order valence-corrected chi connectivity index (χ4v) is 1.57. The van der Waals surface area contributed by atoms with Crippen LogP contribution in [0.1, 0.15) is 13.3 Å². The van der Waals surface area contributed by atoms with E-state index < -0.39 is 4.92 Å². The molecule has 8 nitrogen and oxygen atoms in total. The smallest absolute Gasteiger partial charge is 0.329 e. The van der Waals surface area contributed by atoms with Crippen LogP contribution < -0.4 is 10.2 Å². The maximum Gasteiger partial charge on any atom is 0.329 e. The Morgan fingerprint density at radius 2 is 2.32 bits per heavy atom. The minimum Gasteiger partial charge on any atom is -0.385 e. The predicted octanol–water partition coefficient (Wildman–Crippen LogP) is 1.29. The SMILES string of the molecule is CCNc1ncc([N+](=O)[O-])c(N(C)CCCOC)n1. The van der Waals surface area contributed by atoms with E-state index in [1.165, 1.54) is 6.20 Å². The van der Waals surface area contributed by atoms with Crippen molar-refractivity contribution in [2.45, 2.75) is 13.3 Å². The first-order valence-corrected chi connectivity index (χ1v) is 6.05. The van der Waals surface area contributed by atoms with Crippen molar-refractivity contribution in [1.82, 2.24) is 9.97 Å². The molecule has 0 fully saturated rings. The molecule has 0 amide bonds. The first-order valence-electron chi connectivity index (χ1n) is 6.05. The quantitative estimate of drug-likeness (QED) is 0.431. The van der Waals surface area contributed by atoms with Crippen molar-refractivity contribution in [3.63, 3.8) is 0 Å². The van der Waals surface area contributed by atoms with Gasteiger partial charge in [0, 0.05) is 33.9 Å². The monoisotopic (exact) mass is 269 g/mol. The third-order valence-corrected chi connectivity index (χ3v) is 2.49. The second kappa shape index (κ2) is 7.47. The number of ether oxygens (including phenoxy) is 1. The van der Waals surface area contributed by atoms with Gasteiger partial charge in [0.15, 0.2) is 0 Å². The second-order valence-electron chi connectivity index (χ2n) is 3.96. The Balaban J connectivity index is 2.92. The van der Waals surface area contributed by atoms with Gasteiger partial charge < -0.3 is 15.0 Å².